The molecule has 5 heteroatoms. The summed E-state index contributed by atoms with van der Waals surface area (Å²) >= 11 is 0. The van der Waals surface area contributed by atoms with E-state index in [1.165, 1.54) is 0 Å². The summed E-state index contributed by atoms with van der Waals surface area (Å²) in [6.45, 7) is 7.87. The minimum Gasteiger partial charge on any atom is -0.494 e. The Morgan fingerprint density at radius 1 is 1.25 bits per heavy atom. The Kier molecular flexibility index (Phi) is 4.70. The molecule has 1 aliphatic rings. The molecule has 0 atom stereocenters. The molecule has 1 aromatic rings. The molecule has 1 heterocycles. The second kappa shape index (κ2) is 6.14. The fourth-order valence-electron chi connectivity index (χ4n) is 2.50. The van der Waals surface area contributed by atoms with Gasteiger partial charge in [0.2, 0.25) is 10.0 Å². The zero-order valence-corrected chi connectivity index (χ0v) is 13.2. The van der Waals surface area contributed by atoms with E-state index in [-0.39, 0.29) is 5.92 Å². The Labute approximate surface area is 121 Å². The summed E-state index contributed by atoms with van der Waals surface area (Å²) < 4.78 is 32.3. The lowest BCUT2D eigenvalue weighted by Crippen LogP contribution is -2.28. The van der Waals surface area contributed by atoms with Gasteiger partial charge in [-0.3, -0.25) is 0 Å². The van der Waals surface area contributed by atoms with Crippen molar-refractivity contribution in [2.75, 3.05) is 19.7 Å². The lowest BCUT2D eigenvalue weighted by molar-refractivity contribution is 0.335. The number of rotatable bonds is 5. The first-order valence-electron chi connectivity index (χ1n) is 7.23. The minimum atomic E-state index is -3.35. The highest BCUT2D eigenvalue weighted by Crippen LogP contribution is 2.31. The third-order valence-electron chi connectivity index (χ3n) is 3.61. The molecular formula is C15H23NO3S. The number of benzene rings is 1. The fourth-order valence-corrected chi connectivity index (χ4v) is 4.06. The third kappa shape index (κ3) is 2.99. The molecular weight excluding hydrogens is 274 g/mol. The van der Waals surface area contributed by atoms with E-state index >= 15 is 0 Å². The molecule has 0 N–H and O–H groups in total. The second-order valence-corrected chi connectivity index (χ2v) is 7.34. The van der Waals surface area contributed by atoms with Crippen molar-refractivity contribution in [3.63, 3.8) is 0 Å². The van der Waals surface area contributed by atoms with Crippen LogP contribution in [0.25, 0.3) is 0 Å². The number of hydrogen-bond donors (Lipinski definition) is 0. The van der Waals surface area contributed by atoms with Crippen LogP contribution < -0.4 is 4.74 Å². The smallest absolute Gasteiger partial charge is 0.243 e. The molecule has 0 unspecified atom stereocenters. The highest BCUT2D eigenvalue weighted by molar-refractivity contribution is 7.89. The minimum absolute atomic E-state index is 0.227. The van der Waals surface area contributed by atoms with E-state index in [4.69, 9.17) is 4.74 Å². The maximum Gasteiger partial charge on any atom is 0.243 e. The summed E-state index contributed by atoms with van der Waals surface area (Å²) in [7, 11) is -3.35. The van der Waals surface area contributed by atoms with Crippen molar-refractivity contribution in [3.05, 3.63) is 23.8 Å². The second-order valence-electron chi connectivity index (χ2n) is 5.40. The van der Waals surface area contributed by atoms with E-state index < -0.39 is 10.0 Å². The normalized spacial score (nSPS) is 16.8. The van der Waals surface area contributed by atoms with Crippen molar-refractivity contribution in [1.82, 2.24) is 4.31 Å². The van der Waals surface area contributed by atoms with Crippen LogP contribution in [0.2, 0.25) is 0 Å². The molecule has 2 rings (SSSR count). The van der Waals surface area contributed by atoms with Crippen molar-refractivity contribution >= 4 is 10.0 Å². The van der Waals surface area contributed by atoms with Gasteiger partial charge in [-0.25, -0.2) is 8.42 Å². The van der Waals surface area contributed by atoms with Crippen molar-refractivity contribution in [2.24, 2.45) is 0 Å². The molecule has 0 aromatic heterocycles. The van der Waals surface area contributed by atoms with Gasteiger partial charge in [0.15, 0.2) is 0 Å². The van der Waals surface area contributed by atoms with Gasteiger partial charge in [0.1, 0.15) is 5.75 Å². The van der Waals surface area contributed by atoms with Crippen LogP contribution in [0.3, 0.4) is 0 Å². The van der Waals surface area contributed by atoms with Crippen molar-refractivity contribution < 1.29 is 13.2 Å². The lowest BCUT2D eigenvalue weighted by Gasteiger charge is -2.18. The van der Waals surface area contributed by atoms with Gasteiger partial charge in [-0.05, 0) is 49.4 Å². The third-order valence-corrected chi connectivity index (χ3v) is 5.50. The van der Waals surface area contributed by atoms with Crippen LogP contribution in [0.5, 0.6) is 5.75 Å². The van der Waals surface area contributed by atoms with E-state index in [1.54, 1.807) is 22.5 Å². The number of ether oxygens (including phenoxy) is 1. The Bertz CT molecular complexity index is 560. The average Bonchev–Trinajstić information content (AvgIpc) is 2.93. The first-order chi connectivity index (χ1) is 9.46. The van der Waals surface area contributed by atoms with Gasteiger partial charge in [-0.1, -0.05) is 13.8 Å². The molecule has 0 bridgehead atoms. The van der Waals surface area contributed by atoms with Crippen molar-refractivity contribution in [2.45, 2.75) is 44.4 Å². The summed E-state index contributed by atoms with van der Waals surface area (Å²) in [6.07, 6.45) is 1.90. The molecule has 4 nitrogen and oxygen atoms in total. The van der Waals surface area contributed by atoms with Gasteiger partial charge in [-0.15, -0.1) is 0 Å². The molecule has 1 fully saturated rings. The number of sulfonamides is 1. The molecule has 1 aromatic carbocycles. The molecule has 0 radical (unpaired) electrons. The van der Waals surface area contributed by atoms with Gasteiger partial charge >= 0.3 is 0 Å². The molecule has 1 saturated heterocycles. The van der Waals surface area contributed by atoms with E-state index in [0.717, 1.165) is 24.2 Å². The molecule has 0 saturated carbocycles. The fraction of sp³-hybridized carbons (Fsp3) is 0.600. The summed E-state index contributed by atoms with van der Waals surface area (Å²) in [5, 5.41) is 0. The number of hydrogen-bond acceptors (Lipinski definition) is 3. The summed E-state index contributed by atoms with van der Waals surface area (Å²) in [6, 6.07) is 5.20. The van der Waals surface area contributed by atoms with Crippen molar-refractivity contribution in [1.29, 1.82) is 0 Å². The van der Waals surface area contributed by atoms with E-state index in [0.29, 0.717) is 24.6 Å². The molecule has 20 heavy (non-hydrogen) atoms. The standard InChI is InChI=1S/C15H23NO3S/c1-4-19-15-8-7-13(11-14(15)12(2)3)20(17,18)16-9-5-6-10-16/h7-8,11-12H,4-6,9-10H2,1-3H3. The quantitative estimate of drug-likeness (QED) is 0.839. The van der Waals surface area contributed by atoms with E-state index in [1.807, 2.05) is 20.8 Å². The van der Waals surface area contributed by atoms with Crippen LogP contribution in [-0.4, -0.2) is 32.4 Å². The summed E-state index contributed by atoms with van der Waals surface area (Å²) in [5.41, 5.74) is 0.951. The highest BCUT2D eigenvalue weighted by atomic mass is 32.2. The van der Waals surface area contributed by atoms with Crippen LogP contribution in [0, 0.1) is 0 Å². The van der Waals surface area contributed by atoms with Crippen molar-refractivity contribution in [3.8, 4) is 5.75 Å². The van der Waals surface area contributed by atoms with Crippen LogP contribution in [0.15, 0.2) is 23.1 Å². The molecule has 0 spiro atoms. The van der Waals surface area contributed by atoms with Crippen LogP contribution >= 0.6 is 0 Å². The van der Waals surface area contributed by atoms with Gasteiger partial charge in [0.25, 0.3) is 0 Å². The molecule has 112 valence electrons. The Morgan fingerprint density at radius 2 is 1.90 bits per heavy atom. The Morgan fingerprint density at radius 3 is 2.45 bits per heavy atom. The first-order valence-corrected chi connectivity index (χ1v) is 8.67. The molecule has 0 amide bonds. The SMILES string of the molecule is CCOc1ccc(S(=O)(=O)N2CCCC2)cc1C(C)C. The maximum absolute atomic E-state index is 12.6. The topological polar surface area (TPSA) is 46.6 Å². The predicted octanol–water partition coefficient (Wildman–Crippen LogP) is 2.99. The highest BCUT2D eigenvalue weighted by Gasteiger charge is 2.28. The lowest BCUT2D eigenvalue weighted by atomic mass is 10.0. The first kappa shape index (κ1) is 15.3. The van der Waals surface area contributed by atoms with Gasteiger partial charge < -0.3 is 4.74 Å². The zero-order valence-electron chi connectivity index (χ0n) is 12.4. The van der Waals surface area contributed by atoms with Gasteiger partial charge in [-0.2, -0.15) is 4.31 Å². The Hall–Kier alpha value is -1.07. The largest absolute Gasteiger partial charge is 0.494 e. The number of nitrogens with zero attached hydrogens (tertiary/aromatic N) is 1. The van der Waals surface area contributed by atoms with Crippen LogP contribution in [-0.2, 0) is 10.0 Å². The predicted molar refractivity (Wildman–Crippen MR) is 79.7 cm³/mol. The Balaban J connectivity index is 2.40. The zero-order chi connectivity index (χ0) is 14.8. The molecule has 0 aliphatic carbocycles. The monoisotopic (exact) mass is 297 g/mol. The maximum atomic E-state index is 12.6. The molecule has 1 aliphatic heterocycles. The average molecular weight is 297 g/mol. The van der Waals surface area contributed by atoms with Gasteiger partial charge in [0, 0.05) is 13.1 Å². The van der Waals surface area contributed by atoms with Crippen LogP contribution in [0.4, 0.5) is 0 Å². The van der Waals surface area contributed by atoms with Crippen LogP contribution in [0.1, 0.15) is 45.1 Å². The van der Waals surface area contributed by atoms with E-state index in [2.05, 4.69) is 0 Å². The van der Waals surface area contributed by atoms with Gasteiger partial charge in [0.05, 0.1) is 11.5 Å². The summed E-state index contributed by atoms with van der Waals surface area (Å²) in [4.78, 5) is 0.381. The van der Waals surface area contributed by atoms with E-state index in [9.17, 15) is 8.42 Å². The summed E-state index contributed by atoms with van der Waals surface area (Å²) in [5.74, 6) is 1.01.